The van der Waals surface area contributed by atoms with Crippen LogP contribution in [0.5, 0.6) is 0 Å². The quantitative estimate of drug-likeness (QED) is 0.753. The third-order valence-electron chi connectivity index (χ3n) is 2.78. The molecule has 1 aromatic heterocycles. The summed E-state index contributed by atoms with van der Waals surface area (Å²) in [5.74, 6) is 1.52. The van der Waals surface area contributed by atoms with E-state index in [1.807, 2.05) is 0 Å². The van der Waals surface area contributed by atoms with Crippen molar-refractivity contribution in [3.63, 3.8) is 0 Å². The van der Waals surface area contributed by atoms with Gasteiger partial charge >= 0.3 is 0 Å². The lowest BCUT2D eigenvalue weighted by atomic mass is 9.94. The van der Waals surface area contributed by atoms with Gasteiger partial charge in [-0.2, -0.15) is 5.10 Å². The van der Waals surface area contributed by atoms with Gasteiger partial charge in [-0.25, -0.2) is 0 Å². The normalized spacial score (nSPS) is 22.1. The van der Waals surface area contributed by atoms with E-state index in [0.717, 1.165) is 19.6 Å². The van der Waals surface area contributed by atoms with E-state index >= 15 is 0 Å². The Hall–Kier alpha value is -1.03. The van der Waals surface area contributed by atoms with Gasteiger partial charge in [0.25, 0.3) is 0 Å². The minimum atomic E-state index is 0.421. The van der Waals surface area contributed by atoms with Crippen molar-refractivity contribution in [1.29, 1.82) is 0 Å². The molecule has 14 heavy (non-hydrogen) atoms. The van der Waals surface area contributed by atoms with Crippen molar-refractivity contribution < 1.29 is 4.74 Å². The zero-order valence-electron chi connectivity index (χ0n) is 8.71. The lowest BCUT2D eigenvalue weighted by Gasteiger charge is -2.11. The molecule has 1 aliphatic rings. The molecule has 0 amide bonds. The Labute approximate surface area is 83.8 Å². The Morgan fingerprint density at radius 2 is 2.36 bits per heavy atom. The topological polar surface area (TPSA) is 63.9 Å². The highest BCUT2D eigenvalue weighted by Gasteiger charge is 2.25. The first-order chi connectivity index (χ1) is 6.70. The maximum absolute atomic E-state index is 5.83. The molecule has 1 fully saturated rings. The molecule has 1 unspecified atom stereocenters. The second kappa shape index (κ2) is 3.61. The van der Waals surface area contributed by atoms with Crippen molar-refractivity contribution >= 4 is 5.82 Å². The number of ether oxygens (including phenoxy) is 1. The minimum Gasteiger partial charge on any atom is -0.382 e. The second-order valence-corrected chi connectivity index (χ2v) is 4.15. The van der Waals surface area contributed by atoms with Crippen molar-refractivity contribution in [2.45, 2.75) is 32.1 Å². The molecule has 3 N–H and O–H groups in total. The molecule has 0 radical (unpaired) electrons. The molecule has 1 aliphatic heterocycles. The van der Waals surface area contributed by atoms with Crippen molar-refractivity contribution in [1.82, 2.24) is 10.2 Å². The monoisotopic (exact) mass is 195 g/mol. The van der Waals surface area contributed by atoms with Gasteiger partial charge in [-0.1, -0.05) is 13.8 Å². The smallest absolute Gasteiger partial charge is 0.148 e. The second-order valence-electron chi connectivity index (χ2n) is 4.15. The Kier molecular flexibility index (Phi) is 2.46. The first kappa shape index (κ1) is 9.52. The van der Waals surface area contributed by atoms with E-state index in [1.165, 1.54) is 11.3 Å². The summed E-state index contributed by atoms with van der Waals surface area (Å²) in [7, 11) is 0. The summed E-state index contributed by atoms with van der Waals surface area (Å²) in [6.45, 7) is 5.92. The van der Waals surface area contributed by atoms with E-state index in [-0.39, 0.29) is 0 Å². The van der Waals surface area contributed by atoms with Crippen LogP contribution in [0.3, 0.4) is 0 Å². The van der Waals surface area contributed by atoms with Gasteiger partial charge < -0.3 is 10.5 Å². The first-order valence-electron chi connectivity index (χ1n) is 5.11. The van der Waals surface area contributed by atoms with Gasteiger partial charge in [-0.05, 0) is 12.3 Å². The molecule has 2 heterocycles. The van der Waals surface area contributed by atoms with E-state index in [0.29, 0.717) is 17.7 Å². The number of rotatable bonds is 2. The highest BCUT2D eigenvalue weighted by Crippen LogP contribution is 2.32. The van der Waals surface area contributed by atoms with E-state index in [2.05, 4.69) is 24.0 Å². The first-order valence-corrected chi connectivity index (χ1v) is 5.11. The summed E-state index contributed by atoms with van der Waals surface area (Å²) in [6.07, 6.45) is 1.07. The summed E-state index contributed by atoms with van der Waals surface area (Å²) < 4.78 is 5.37. The summed E-state index contributed by atoms with van der Waals surface area (Å²) >= 11 is 0. The zero-order valence-corrected chi connectivity index (χ0v) is 8.71. The molecular weight excluding hydrogens is 178 g/mol. The number of anilines is 1. The van der Waals surface area contributed by atoms with Gasteiger partial charge in [0.1, 0.15) is 5.82 Å². The van der Waals surface area contributed by atoms with Crippen molar-refractivity contribution in [2.24, 2.45) is 0 Å². The van der Waals surface area contributed by atoms with Crippen LogP contribution >= 0.6 is 0 Å². The number of nitrogens with two attached hydrogens (primary N) is 1. The Morgan fingerprint density at radius 1 is 1.57 bits per heavy atom. The number of nitrogens with one attached hydrogen (secondary N) is 1. The lowest BCUT2D eigenvalue weighted by Crippen LogP contribution is -2.04. The molecule has 0 aromatic carbocycles. The van der Waals surface area contributed by atoms with E-state index in [1.54, 1.807) is 0 Å². The van der Waals surface area contributed by atoms with Crippen molar-refractivity contribution in [3.8, 4) is 0 Å². The predicted molar refractivity (Wildman–Crippen MR) is 55.3 cm³/mol. The van der Waals surface area contributed by atoms with E-state index < -0.39 is 0 Å². The number of hydrogen-bond donors (Lipinski definition) is 2. The maximum atomic E-state index is 5.83. The third kappa shape index (κ3) is 1.50. The van der Waals surface area contributed by atoms with Crippen LogP contribution in [0.15, 0.2) is 0 Å². The molecule has 4 nitrogen and oxygen atoms in total. The predicted octanol–water partition coefficient (Wildman–Crippen LogP) is 1.62. The number of nitrogen functional groups attached to an aromatic ring is 1. The average molecular weight is 195 g/mol. The lowest BCUT2D eigenvalue weighted by molar-refractivity contribution is 0.193. The summed E-state index contributed by atoms with van der Waals surface area (Å²) in [5, 5.41) is 7.12. The average Bonchev–Trinajstić information content (AvgIpc) is 2.70. The molecule has 78 valence electrons. The summed E-state index contributed by atoms with van der Waals surface area (Å²) in [4.78, 5) is 0. The molecule has 1 aromatic rings. The molecule has 0 saturated carbocycles. The summed E-state index contributed by atoms with van der Waals surface area (Å²) in [6, 6.07) is 0. The minimum absolute atomic E-state index is 0.421. The molecule has 0 bridgehead atoms. The molecule has 0 spiro atoms. The van der Waals surface area contributed by atoms with Crippen molar-refractivity contribution in [2.75, 3.05) is 18.9 Å². The fourth-order valence-electron chi connectivity index (χ4n) is 2.06. The van der Waals surface area contributed by atoms with Crippen LogP contribution in [0, 0.1) is 0 Å². The van der Waals surface area contributed by atoms with Gasteiger partial charge in [-0.15, -0.1) is 0 Å². The van der Waals surface area contributed by atoms with Gasteiger partial charge in [-0.3, -0.25) is 5.10 Å². The number of aromatic nitrogens is 2. The Balaban J connectivity index is 2.32. The highest BCUT2D eigenvalue weighted by molar-refractivity contribution is 5.45. The number of nitrogens with zero attached hydrogens (tertiary/aromatic N) is 1. The Bertz CT molecular complexity index is 313. The van der Waals surface area contributed by atoms with Crippen LogP contribution in [0.2, 0.25) is 0 Å². The Morgan fingerprint density at radius 3 is 2.93 bits per heavy atom. The van der Waals surface area contributed by atoms with Crippen LogP contribution in [0.1, 0.15) is 43.4 Å². The number of aromatic amines is 1. The molecule has 2 rings (SSSR count). The number of H-pyrrole nitrogens is 1. The van der Waals surface area contributed by atoms with Crippen LogP contribution in [0.4, 0.5) is 5.82 Å². The van der Waals surface area contributed by atoms with E-state index in [4.69, 9.17) is 10.5 Å². The molecule has 1 atom stereocenters. The zero-order chi connectivity index (χ0) is 10.1. The van der Waals surface area contributed by atoms with Gasteiger partial charge in [0, 0.05) is 23.8 Å². The van der Waals surface area contributed by atoms with Crippen LogP contribution in [-0.2, 0) is 4.74 Å². The molecular formula is C10H17N3O. The molecule has 0 aliphatic carbocycles. The largest absolute Gasteiger partial charge is 0.382 e. The maximum Gasteiger partial charge on any atom is 0.148 e. The van der Waals surface area contributed by atoms with Gasteiger partial charge in [0.05, 0.1) is 6.61 Å². The SMILES string of the molecule is CC(C)c1c(N)n[nH]c1C1CCOC1. The molecule has 4 heteroatoms. The highest BCUT2D eigenvalue weighted by atomic mass is 16.5. The fraction of sp³-hybridized carbons (Fsp3) is 0.700. The number of hydrogen-bond acceptors (Lipinski definition) is 3. The fourth-order valence-corrected chi connectivity index (χ4v) is 2.06. The van der Waals surface area contributed by atoms with Gasteiger partial charge in [0.2, 0.25) is 0 Å². The van der Waals surface area contributed by atoms with Crippen LogP contribution in [0.25, 0.3) is 0 Å². The van der Waals surface area contributed by atoms with Crippen LogP contribution in [-0.4, -0.2) is 23.4 Å². The standard InChI is InChI=1S/C10H17N3O/c1-6(2)8-9(12-13-10(8)11)7-3-4-14-5-7/h6-7H,3-5H2,1-2H3,(H3,11,12,13). The van der Waals surface area contributed by atoms with Crippen LogP contribution < -0.4 is 5.73 Å². The summed E-state index contributed by atoms with van der Waals surface area (Å²) in [5.41, 5.74) is 8.17. The third-order valence-corrected chi connectivity index (χ3v) is 2.78. The molecule has 1 saturated heterocycles. The van der Waals surface area contributed by atoms with E-state index in [9.17, 15) is 0 Å². The van der Waals surface area contributed by atoms with Gasteiger partial charge in [0.15, 0.2) is 0 Å². The van der Waals surface area contributed by atoms with Crippen molar-refractivity contribution in [3.05, 3.63) is 11.3 Å².